The first-order chi connectivity index (χ1) is 11.0. The summed E-state index contributed by atoms with van der Waals surface area (Å²) < 4.78 is 32.3. The van der Waals surface area contributed by atoms with E-state index in [9.17, 15) is 8.42 Å². The quantitative estimate of drug-likeness (QED) is 0.738. The number of aromatic nitrogens is 2. The summed E-state index contributed by atoms with van der Waals surface area (Å²) in [5, 5.41) is 0. The third-order valence-electron chi connectivity index (χ3n) is 3.43. The predicted molar refractivity (Wildman–Crippen MR) is 88.0 cm³/mol. The van der Waals surface area contributed by atoms with E-state index >= 15 is 0 Å². The molecule has 2 aromatic carbocycles. The summed E-state index contributed by atoms with van der Waals surface area (Å²) in [6.07, 6.45) is 1.52. The van der Waals surface area contributed by atoms with Gasteiger partial charge in [-0.1, -0.05) is 36.4 Å². The molecule has 0 amide bonds. The number of imidazole rings is 1. The van der Waals surface area contributed by atoms with Gasteiger partial charge in [0.15, 0.2) is 5.82 Å². The summed E-state index contributed by atoms with van der Waals surface area (Å²) >= 11 is 0. The average molecular weight is 328 g/mol. The molecule has 23 heavy (non-hydrogen) atoms. The van der Waals surface area contributed by atoms with Crippen molar-refractivity contribution in [2.45, 2.75) is 11.8 Å². The van der Waals surface area contributed by atoms with Crippen LogP contribution < -0.4 is 4.74 Å². The summed E-state index contributed by atoms with van der Waals surface area (Å²) in [5.74, 6) is 0.884. The highest BCUT2D eigenvalue weighted by Crippen LogP contribution is 2.25. The topological polar surface area (TPSA) is 61.2 Å². The number of nitrogens with zero attached hydrogens (tertiary/aromatic N) is 2. The van der Waals surface area contributed by atoms with Gasteiger partial charge in [-0.2, -0.15) is 0 Å². The number of aryl methyl sites for hydroxylation is 1. The van der Waals surface area contributed by atoms with E-state index in [1.54, 1.807) is 25.1 Å². The first-order valence-corrected chi connectivity index (χ1v) is 8.47. The van der Waals surface area contributed by atoms with Crippen LogP contribution in [0.3, 0.4) is 0 Å². The molecule has 3 aromatic rings. The van der Waals surface area contributed by atoms with E-state index in [2.05, 4.69) is 4.98 Å². The average Bonchev–Trinajstić information content (AvgIpc) is 2.98. The van der Waals surface area contributed by atoms with E-state index in [4.69, 9.17) is 4.74 Å². The Hall–Kier alpha value is -2.60. The molecule has 118 valence electrons. The van der Waals surface area contributed by atoms with Gasteiger partial charge in [0.25, 0.3) is 10.0 Å². The summed E-state index contributed by atoms with van der Waals surface area (Å²) in [4.78, 5) is 4.53. The summed E-state index contributed by atoms with van der Waals surface area (Å²) in [6, 6.07) is 15.6. The molecule has 3 rings (SSSR count). The number of hydrogen-bond donors (Lipinski definition) is 0. The molecule has 0 radical (unpaired) electrons. The monoisotopic (exact) mass is 328 g/mol. The van der Waals surface area contributed by atoms with Crippen molar-refractivity contribution in [2.24, 2.45) is 0 Å². The molecule has 0 aliphatic heterocycles. The molecule has 0 saturated carbocycles. The van der Waals surface area contributed by atoms with Crippen molar-refractivity contribution < 1.29 is 13.2 Å². The minimum absolute atomic E-state index is 0.159. The van der Waals surface area contributed by atoms with Crippen molar-refractivity contribution in [2.75, 3.05) is 7.11 Å². The van der Waals surface area contributed by atoms with Crippen LogP contribution in [0.4, 0.5) is 0 Å². The predicted octanol–water partition coefficient (Wildman–Crippen LogP) is 3.10. The SMILES string of the molecule is COc1cccc(S(=O)(=O)n2cc(C)nc2-c2ccccc2)c1. The van der Waals surface area contributed by atoms with Crippen molar-refractivity contribution in [3.8, 4) is 17.1 Å². The molecule has 6 heteroatoms. The Bertz CT molecular complexity index is 931. The highest BCUT2D eigenvalue weighted by molar-refractivity contribution is 7.90. The Balaban J connectivity index is 2.18. The van der Waals surface area contributed by atoms with E-state index < -0.39 is 10.0 Å². The number of benzene rings is 2. The van der Waals surface area contributed by atoms with Crippen LogP contribution in [0.5, 0.6) is 5.75 Å². The van der Waals surface area contributed by atoms with Crippen LogP contribution in [-0.2, 0) is 10.0 Å². The number of ether oxygens (including phenoxy) is 1. The van der Waals surface area contributed by atoms with Crippen molar-refractivity contribution in [3.63, 3.8) is 0 Å². The summed E-state index contributed by atoms with van der Waals surface area (Å²) in [7, 11) is -2.25. The third-order valence-corrected chi connectivity index (χ3v) is 5.07. The lowest BCUT2D eigenvalue weighted by Gasteiger charge is -2.10. The van der Waals surface area contributed by atoms with Gasteiger partial charge in [0.1, 0.15) is 5.75 Å². The van der Waals surface area contributed by atoms with Crippen LogP contribution in [0.1, 0.15) is 5.69 Å². The van der Waals surface area contributed by atoms with Crippen LogP contribution >= 0.6 is 0 Å². The standard InChI is InChI=1S/C17H16N2O3S/c1-13-12-19(17(18-13)14-7-4-3-5-8-14)23(20,21)16-10-6-9-15(11-16)22-2/h3-12H,1-2H3. The number of rotatable bonds is 4. The number of methoxy groups -OCH3 is 1. The zero-order valence-corrected chi connectivity index (χ0v) is 13.6. The van der Waals surface area contributed by atoms with Crippen LogP contribution in [0.25, 0.3) is 11.4 Å². The van der Waals surface area contributed by atoms with Crippen molar-refractivity contribution in [3.05, 3.63) is 66.5 Å². The fourth-order valence-electron chi connectivity index (χ4n) is 2.31. The fourth-order valence-corrected chi connectivity index (χ4v) is 3.72. The lowest BCUT2D eigenvalue weighted by Crippen LogP contribution is -2.13. The third kappa shape index (κ3) is 2.85. The Morgan fingerprint density at radius 2 is 1.78 bits per heavy atom. The van der Waals surface area contributed by atoms with Gasteiger partial charge in [0, 0.05) is 17.8 Å². The van der Waals surface area contributed by atoms with Crippen LogP contribution in [0, 0.1) is 6.92 Å². The van der Waals surface area contributed by atoms with Crippen LogP contribution in [0.15, 0.2) is 65.7 Å². The van der Waals surface area contributed by atoms with Gasteiger partial charge < -0.3 is 4.74 Å². The number of hydrogen-bond acceptors (Lipinski definition) is 4. The van der Waals surface area contributed by atoms with Gasteiger partial charge in [-0.3, -0.25) is 0 Å². The fraction of sp³-hybridized carbons (Fsp3) is 0.118. The van der Waals surface area contributed by atoms with E-state index in [0.717, 1.165) is 5.56 Å². The second-order valence-electron chi connectivity index (χ2n) is 5.05. The van der Waals surface area contributed by atoms with Gasteiger partial charge >= 0.3 is 0 Å². The maximum absolute atomic E-state index is 13.0. The first-order valence-electron chi connectivity index (χ1n) is 7.03. The van der Waals surface area contributed by atoms with Crippen molar-refractivity contribution in [1.82, 2.24) is 8.96 Å². The molecule has 0 fully saturated rings. The Kier molecular flexibility index (Phi) is 3.92. The van der Waals surface area contributed by atoms with Gasteiger partial charge in [-0.25, -0.2) is 17.4 Å². The molecule has 1 heterocycles. The van der Waals surface area contributed by atoms with Crippen molar-refractivity contribution in [1.29, 1.82) is 0 Å². The minimum Gasteiger partial charge on any atom is -0.497 e. The van der Waals surface area contributed by atoms with Gasteiger partial charge in [-0.15, -0.1) is 0 Å². The van der Waals surface area contributed by atoms with Crippen LogP contribution in [-0.4, -0.2) is 24.5 Å². The van der Waals surface area contributed by atoms with Gasteiger partial charge in [0.05, 0.1) is 17.7 Å². The maximum atomic E-state index is 13.0. The molecule has 0 aliphatic rings. The molecule has 0 unspecified atom stereocenters. The zero-order chi connectivity index (χ0) is 16.4. The molecule has 0 atom stereocenters. The molecule has 0 saturated heterocycles. The Labute approximate surface area is 135 Å². The molecule has 1 aromatic heterocycles. The largest absolute Gasteiger partial charge is 0.497 e. The molecule has 0 spiro atoms. The van der Waals surface area contributed by atoms with E-state index in [-0.39, 0.29) is 4.90 Å². The maximum Gasteiger partial charge on any atom is 0.269 e. The Morgan fingerprint density at radius 1 is 1.04 bits per heavy atom. The Morgan fingerprint density at radius 3 is 2.48 bits per heavy atom. The second-order valence-corrected chi connectivity index (χ2v) is 6.87. The lowest BCUT2D eigenvalue weighted by molar-refractivity contribution is 0.413. The van der Waals surface area contributed by atoms with E-state index in [0.29, 0.717) is 17.3 Å². The molecule has 0 aliphatic carbocycles. The lowest BCUT2D eigenvalue weighted by atomic mass is 10.2. The normalized spacial score (nSPS) is 11.4. The van der Waals surface area contributed by atoms with Gasteiger partial charge in [0.2, 0.25) is 0 Å². The molecule has 0 bridgehead atoms. The van der Waals surface area contributed by atoms with Gasteiger partial charge in [-0.05, 0) is 19.1 Å². The smallest absolute Gasteiger partial charge is 0.269 e. The molecule has 5 nitrogen and oxygen atoms in total. The van der Waals surface area contributed by atoms with Crippen molar-refractivity contribution >= 4 is 10.0 Å². The first kappa shape index (κ1) is 15.3. The van der Waals surface area contributed by atoms with E-state index in [1.165, 1.54) is 23.3 Å². The summed E-state index contributed by atoms with van der Waals surface area (Å²) in [6.45, 7) is 1.77. The highest BCUT2D eigenvalue weighted by atomic mass is 32.2. The highest BCUT2D eigenvalue weighted by Gasteiger charge is 2.22. The molecular formula is C17H16N2O3S. The molecular weight excluding hydrogens is 312 g/mol. The zero-order valence-electron chi connectivity index (χ0n) is 12.8. The minimum atomic E-state index is -3.76. The molecule has 0 N–H and O–H groups in total. The summed E-state index contributed by atoms with van der Waals surface area (Å²) in [5.41, 5.74) is 1.38. The van der Waals surface area contributed by atoms with Crippen LogP contribution in [0.2, 0.25) is 0 Å². The van der Waals surface area contributed by atoms with E-state index in [1.807, 2.05) is 30.3 Å². The second kappa shape index (κ2) is 5.89.